The highest BCUT2D eigenvalue weighted by molar-refractivity contribution is 5.96. The molecule has 104 valence electrons. The number of ether oxygens (including phenoxy) is 1. The van der Waals surface area contributed by atoms with Gasteiger partial charge >= 0.3 is 0 Å². The number of hydrogen-bond acceptors (Lipinski definition) is 4. The Bertz CT molecular complexity index is 404. The van der Waals surface area contributed by atoms with E-state index in [0.717, 1.165) is 25.8 Å². The van der Waals surface area contributed by atoms with E-state index in [0.29, 0.717) is 6.61 Å². The molecule has 0 bridgehead atoms. The van der Waals surface area contributed by atoms with Gasteiger partial charge in [0.05, 0.1) is 6.20 Å². The van der Waals surface area contributed by atoms with Crippen LogP contribution in [-0.2, 0) is 16.1 Å². The number of aromatic nitrogens is 3. The van der Waals surface area contributed by atoms with Crippen LogP contribution in [0, 0.1) is 11.8 Å². The highest BCUT2D eigenvalue weighted by Gasteiger charge is 1.97. The highest BCUT2D eigenvalue weighted by Crippen LogP contribution is 2.04. The highest BCUT2D eigenvalue weighted by atomic mass is 16.5. The molecule has 0 spiro atoms. The fourth-order valence-electron chi connectivity index (χ4n) is 1.70. The fourth-order valence-corrected chi connectivity index (χ4v) is 1.70. The summed E-state index contributed by atoms with van der Waals surface area (Å²) in [4.78, 5) is 11.0. The largest absolute Gasteiger partial charge is 0.373 e. The van der Waals surface area contributed by atoms with Gasteiger partial charge in [0.2, 0.25) is 5.78 Å². The zero-order chi connectivity index (χ0) is 13.8. The predicted octanol–water partition coefficient (Wildman–Crippen LogP) is 1.84. The van der Waals surface area contributed by atoms with E-state index >= 15 is 0 Å². The maximum atomic E-state index is 11.0. The lowest BCUT2D eigenvalue weighted by Gasteiger charge is -2.02. The third-order valence-corrected chi connectivity index (χ3v) is 2.65. The molecule has 1 aromatic rings. The van der Waals surface area contributed by atoms with E-state index in [-0.39, 0.29) is 12.4 Å². The number of carbonyl (C=O) groups is 1. The number of aryl methyl sites for hydroxylation is 1. The van der Waals surface area contributed by atoms with Crippen molar-refractivity contribution >= 4 is 5.78 Å². The molecule has 5 nitrogen and oxygen atoms in total. The van der Waals surface area contributed by atoms with Crippen molar-refractivity contribution in [3.05, 3.63) is 12.4 Å². The lowest BCUT2D eigenvalue weighted by Crippen LogP contribution is -2.06. The predicted molar refractivity (Wildman–Crippen MR) is 72.4 cm³/mol. The van der Waals surface area contributed by atoms with Crippen molar-refractivity contribution < 1.29 is 9.53 Å². The average molecular weight is 263 g/mol. The first-order chi connectivity index (χ1) is 9.33. The number of ketones is 1. The van der Waals surface area contributed by atoms with Gasteiger partial charge < -0.3 is 4.74 Å². The molecule has 0 saturated heterocycles. The van der Waals surface area contributed by atoms with Crippen molar-refractivity contribution in [1.29, 1.82) is 0 Å². The normalized spacial score (nSPS) is 9.95. The van der Waals surface area contributed by atoms with Crippen LogP contribution < -0.4 is 0 Å². The standard InChI is InChI=1S/C14H21N3O2/c1-2-8-14(18)13-19-12-7-5-3-4-6-10-17-11-9-15-16-17/h9,11H,3-7,10,12-13H2,1H3. The molecule has 0 aliphatic rings. The van der Waals surface area contributed by atoms with Crippen molar-refractivity contribution in [1.82, 2.24) is 15.0 Å². The molecule has 0 aliphatic heterocycles. The topological polar surface area (TPSA) is 57.0 Å². The second kappa shape index (κ2) is 10.3. The number of hydrogen-bond donors (Lipinski definition) is 0. The summed E-state index contributed by atoms with van der Waals surface area (Å²) in [5.41, 5.74) is 0. The zero-order valence-electron chi connectivity index (χ0n) is 11.5. The van der Waals surface area contributed by atoms with E-state index in [4.69, 9.17) is 4.74 Å². The summed E-state index contributed by atoms with van der Waals surface area (Å²) in [6, 6.07) is 0. The van der Waals surface area contributed by atoms with Crippen molar-refractivity contribution in [2.24, 2.45) is 0 Å². The van der Waals surface area contributed by atoms with E-state index < -0.39 is 0 Å². The van der Waals surface area contributed by atoms with E-state index in [9.17, 15) is 4.79 Å². The Balaban J connectivity index is 1.83. The van der Waals surface area contributed by atoms with Gasteiger partial charge in [-0.25, -0.2) is 0 Å². The number of unbranched alkanes of at least 4 members (excludes halogenated alkanes) is 4. The smallest absolute Gasteiger partial charge is 0.231 e. The van der Waals surface area contributed by atoms with Gasteiger partial charge in [-0.2, -0.15) is 0 Å². The first kappa shape index (κ1) is 15.4. The average Bonchev–Trinajstić information content (AvgIpc) is 2.90. The Kier molecular flexibility index (Phi) is 8.32. The molecule has 5 heteroatoms. The van der Waals surface area contributed by atoms with Crippen LogP contribution in [0.3, 0.4) is 0 Å². The summed E-state index contributed by atoms with van der Waals surface area (Å²) < 4.78 is 7.09. The summed E-state index contributed by atoms with van der Waals surface area (Å²) in [6.45, 7) is 3.34. The summed E-state index contributed by atoms with van der Waals surface area (Å²) >= 11 is 0. The minimum Gasteiger partial charge on any atom is -0.373 e. The van der Waals surface area contributed by atoms with Crippen LogP contribution in [0.15, 0.2) is 12.4 Å². The van der Waals surface area contributed by atoms with Gasteiger partial charge in [0.25, 0.3) is 0 Å². The lowest BCUT2D eigenvalue weighted by molar-refractivity contribution is -0.118. The Hall–Kier alpha value is -1.67. The molecule has 0 saturated carbocycles. The van der Waals surface area contributed by atoms with Gasteiger partial charge in [-0.1, -0.05) is 30.4 Å². The quantitative estimate of drug-likeness (QED) is 0.367. The number of nitrogens with zero attached hydrogens (tertiary/aromatic N) is 3. The molecule has 1 aromatic heterocycles. The third kappa shape index (κ3) is 8.11. The maximum Gasteiger partial charge on any atom is 0.231 e. The van der Waals surface area contributed by atoms with Gasteiger partial charge in [-0.05, 0) is 25.7 Å². The SMILES string of the molecule is CC#CC(=O)COCCCCCCCn1ccnn1. The van der Waals surface area contributed by atoms with Crippen LogP contribution in [0.5, 0.6) is 0 Å². The molecule has 0 amide bonds. The fraction of sp³-hybridized carbons (Fsp3) is 0.643. The van der Waals surface area contributed by atoms with Crippen molar-refractivity contribution in [3.8, 4) is 11.8 Å². The van der Waals surface area contributed by atoms with Crippen LogP contribution in [0.1, 0.15) is 39.0 Å². The van der Waals surface area contributed by atoms with Gasteiger partial charge in [0, 0.05) is 19.3 Å². The Labute approximate surface area is 114 Å². The Morgan fingerprint density at radius 3 is 2.79 bits per heavy atom. The molecule has 1 heterocycles. The molecule has 0 radical (unpaired) electrons. The second-order valence-corrected chi connectivity index (χ2v) is 4.28. The van der Waals surface area contributed by atoms with Crippen molar-refractivity contribution in [3.63, 3.8) is 0 Å². The first-order valence-electron chi connectivity index (χ1n) is 6.70. The number of rotatable bonds is 10. The minimum atomic E-state index is -0.143. The van der Waals surface area contributed by atoms with E-state index in [1.54, 1.807) is 13.1 Å². The zero-order valence-corrected chi connectivity index (χ0v) is 11.5. The second-order valence-electron chi connectivity index (χ2n) is 4.28. The van der Waals surface area contributed by atoms with E-state index in [2.05, 4.69) is 22.2 Å². The molecule has 1 rings (SSSR count). The first-order valence-corrected chi connectivity index (χ1v) is 6.70. The van der Waals surface area contributed by atoms with Gasteiger partial charge in [0.15, 0.2) is 0 Å². The van der Waals surface area contributed by atoms with Crippen LogP contribution >= 0.6 is 0 Å². The maximum absolute atomic E-state index is 11.0. The molecular weight excluding hydrogens is 242 g/mol. The Morgan fingerprint density at radius 1 is 1.26 bits per heavy atom. The van der Waals surface area contributed by atoms with Crippen molar-refractivity contribution in [2.45, 2.75) is 45.6 Å². The summed E-state index contributed by atoms with van der Waals surface area (Å²) in [7, 11) is 0. The van der Waals surface area contributed by atoms with Crippen LogP contribution in [0.25, 0.3) is 0 Å². The minimum absolute atomic E-state index is 0.118. The van der Waals surface area contributed by atoms with Crippen LogP contribution in [0.2, 0.25) is 0 Å². The molecule has 0 fully saturated rings. The van der Waals surface area contributed by atoms with Gasteiger partial charge in [-0.15, -0.1) is 5.10 Å². The van der Waals surface area contributed by atoms with Gasteiger partial charge in [-0.3, -0.25) is 9.48 Å². The lowest BCUT2D eigenvalue weighted by atomic mass is 10.1. The molecule has 0 aliphatic carbocycles. The monoisotopic (exact) mass is 263 g/mol. The summed E-state index contributed by atoms with van der Waals surface area (Å²) in [5.74, 6) is 4.87. The van der Waals surface area contributed by atoms with Crippen LogP contribution in [-0.4, -0.2) is 34.0 Å². The summed E-state index contributed by atoms with van der Waals surface area (Å²) in [5, 5.41) is 7.67. The molecular formula is C14H21N3O2. The van der Waals surface area contributed by atoms with E-state index in [1.165, 1.54) is 12.8 Å². The molecule has 0 N–H and O–H groups in total. The molecule has 0 unspecified atom stereocenters. The van der Waals surface area contributed by atoms with Crippen LogP contribution in [0.4, 0.5) is 0 Å². The number of Topliss-reactive ketones (excluding diaryl/α,β-unsaturated/α-hetero) is 1. The Morgan fingerprint density at radius 2 is 2.05 bits per heavy atom. The number of carbonyl (C=O) groups excluding carboxylic acids is 1. The van der Waals surface area contributed by atoms with Gasteiger partial charge in [0.1, 0.15) is 6.61 Å². The molecule has 0 atom stereocenters. The molecule has 0 aromatic carbocycles. The molecule has 19 heavy (non-hydrogen) atoms. The van der Waals surface area contributed by atoms with Crippen molar-refractivity contribution in [2.75, 3.05) is 13.2 Å². The summed E-state index contributed by atoms with van der Waals surface area (Å²) in [6.07, 6.45) is 9.18. The third-order valence-electron chi connectivity index (χ3n) is 2.65. The van der Waals surface area contributed by atoms with E-state index in [1.807, 2.05) is 10.9 Å².